The van der Waals surface area contributed by atoms with Crippen LogP contribution < -0.4 is 0 Å². The summed E-state index contributed by atoms with van der Waals surface area (Å²) >= 11 is 0. The van der Waals surface area contributed by atoms with E-state index >= 15 is 0 Å². The van der Waals surface area contributed by atoms with Crippen LogP contribution in [0.5, 0.6) is 0 Å². The number of carboxylic acid groups (broad SMARTS) is 1. The smallest absolute Gasteiger partial charge is 0.330 e. The van der Waals surface area contributed by atoms with Gasteiger partial charge in [0.2, 0.25) is 0 Å². The summed E-state index contributed by atoms with van der Waals surface area (Å²) in [5.41, 5.74) is 0.264. The van der Waals surface area contributed by atoms with Gasteiger partial charge in [-0.15, -0.1) is 0 Å². The zero-order valence-corrected chi connectivity index (χ0v) is 8.37. The first-order valence-electron chi connectivity index (χ1n) is 4.10. The first kappa shape index (κ1) is 14.6. The van der Waals surface area contributed by atoms with Gasteiger partial charge in [0.15, 0.2) is 5.79 Å². The largest absolute Gasteiger partial charge is 0.478 e. The molecule has 0 aromatic carbocycles. The van der Waals surface area contributed by atoms with Crippen molar-refractivity contribution in [3.8, 4) is 0 Å². The van der Waals surface area contributed by atoms with E-state index in [1.807, 2.05) is 0 Å². The summed E-state index contributed by atoms with van der Waals surface area (Å²) < 4.78 is 0. The van der Waals surface area contributed by atoms with Gasteiger partial charge in [0, 0.05) is 5.57 Å². The van der Waals surface area contributed by atoms with Gasteiger partial charge >= 0.3 is 5.97 Å². The number of aliphatic hydroxyl groups is 2. The van der Waals surface area contributed by atoms with Crippen LogP contribution in [0, 0.1) is 0 Å². The fourth-order valence-corrected chi connectivity index (χ4v) is 0.151. The molecule has 0 aliphatic heterocycles. The van der Waals surface area contributed by atoms with Crippen LogP contribution in [0.3, 0.4) is 0 Å². The van der Waals surface area contributed by atoms with E-state index in [2.05, 4.69) is 6.58 Å². The molecule has 0 radical (unpaired) electrons. The second-order valence-electron chi connectivity index (χ2n) is 2.83. The van der Waals surface area contributed by atoms with Crippen LogP contribution in [0.2, 0.25) is 0 Å². The highest BCUT2D eigenvalue weighted by molar-refractivity contribution is 5.85. The molecule has 0 rings (SSSR count). The molecule has 78 valence electrons. The van der Waals surface area contributed by atoms with E-state index in [1.165, 1.54) is 6.92 Å². The van der Waals surface area contributed by atoms with Crippen molar-refractivity contribution < 1.29 is 20.1 Å². The lowest BCUT2D eigenvalue weighted by molar-refractivity contribution is -0.145. The van der Waals surface area contributed by atoms with Crippen LogP contribution in [0.1, 0.15) is 33.6 Å². The number of carbonyl (C=O) groups is 1. The van der Waals surface area contributed by atoms with E-state index in [0.717, 1.165) is 0 Å². The van der Waals surface area contributed by atoms with E-state index in [0.29, 0.717) is 12.8 Å². The first-order chi connectivity index (χ1) is 5.74. The van der Waals surface area contributed by atoms with E-state index in [4.69, 9.17) is 15.3 Å². The van der Waals surface area contributed by atoms with Gasteiger partial charge in [0.05, 0.1) is 0 Å². The second kappa shape index (κ2) is 6.62. The molecule has 0 heterocycles. The molecule has 0 saturated carbocycles. The van der Waals surface area contributed by atoms with Crippen LogP contribution in [0.15, 0.2) is 12.2 Å². The van der Waals surface area contributed by atoms with E-state index in [9.17, 15) is 4.79 Å². The molecule has 3 N–H and O–H groups in total. The number of hydrogen-bond acceptors (Lipinski definition) is 3. The maximum Gasteiger partial charge on any atom is 0.330 e. The highest BCUT2D eigenvalue weighted by atomic mass is 16.5. The third kappa shape index (κ3) is 14.0. The molecule has 0 fully saturated rings. The van der Waals surface area contributed by atoms with Gasteiger partial charge in [0.1, 0.15) is 0 Å². The highest BCUT2D eigenvalue weighted by Gasteiger charge is 2.08. The molecule has 0 aromatic heterocycles. The Morgan fingerprint density at radius 2 is 1.69 bits per heavy atom. The summed E-state index contributed by atoms with van der Waals surface area (Å²) in [7, 11) is 0. The molecule has 0 saturated heterocycles. The van der Waals surface area contributed by atoms with Crippen LogP contribution in [0.4, 0.5) is 0 Å². The lowest BCUT2D eigenvalue weighted by atomic mass is 10.2. The molecule has 0 atom stereocenters. The van der Waals surface area contributed by atoms with Gasteiger partial charge in [-0.05, 0) is 19.8 Å². The quantitative estimate of drug-likeness (QED) is 0.460. The number of hydrogen-bond donors (Lipinski definition) is 3. The molecule has 0 unspecified atom stereocenters. The minimum atomic E-state index is -1.46. The Kier molecular flexibility index (Phi) is 7.46. The third-order valence-corrected chi connectivity index (χ3v) is 1.40. The molecule has 0 aliphatic carbocycles. The van der Waals surface area contributed by atoms with E-state index in [-0.39, 0.29) is 5.57 Å². The predicted octanol–water partition coefficient (Wildman–Crippen LogP) is 1.13. The lowest BCUT2D eigenvalue weighted by Gasteiger charge is -2.10. The standard InChI is InChI=1S/C5H8O2.C4H10O2/c1-3-4(2)5(6)7;1-3-4(2,5)6/h2-3H2,1H3,(H,6,7);5-6H,3H2,1-2H3. The molecule has 0 aromatic rings. The van der Waals surface area contributed by atoms with Gasteiger partial charge in [0.25, 0.3) is 0 Å². The highest BCUT2D eigenvalue weighted by Crippen LogP contribution is 1.99. The number of carboxylic acids is 1. The average Bonchev–Trinajstić information content (AvgIpc) is 2.02. The Morgan fingerprint density at radius 3 is 1.69 bits per heavy atom. The topological polar surface area (TPSA) is 77.8 Å². The van der Waals surface area contributed by atoms with Crippen molar-refractivity contribution in [3.05, 3.63) is 12.2 Å². The molecule has 0 aliphatic rings. The maximum absolute atomic E-state index is 9.83. The van der Waals surface area contributed by atoms with Crippen molar-refractivity contribution in [2.75, 3.05) is 0 Å². The van der Waals surface area contributed by atoms with Gasteiger partial charge in [-0.1, -0.05) is 20.4 Å². The number of rotatable bonds is 3. The zero-order chi connectivity index (χ0) is 11.1. The Bertz CT molecular complexity index is 167. The molecular formula is C9H18O4. The average molecular weight is 190 g/mol. The fraction of sp³-hybridized carbons (Fsp3) is 0.667. The fourth-order valence-electron chi connectivity index (χ4n) is 0.151. The van der Waals surface area contributed by atoms with E-state index in [1.54, 1.807) is 13.8 Å². The summed E-state index contributed by atoms with van der Waals surface area (Å²) in [6.45, 7) is 8.10. The summed E-state index contributed by atoms with van der Waals surface area (Å²) in [4.78, 5) is 9.83. The summed E-state index contributed by atoms with van der Waals surface area (Å²) in [5.74, 6) is -2.36. The number of aliphatic carboxylic acids is 1. The Morgan fingerprint density at radius 1 is 1.38 bits per heavy atom. The SMILES string of the molecule is C=C(CC)C(=O)O.CCC(C)(O)O. The maximum atomic E-state index is 9.83. The van der Waals surface area contributed by atoms with Gasteiger partial charge < -0.3 is 15.3 Å². The first-order valence-corrected chi connectivity index (χ1v) is 4.10. The summed E-state index contributed by atoms with van der Waals surface area (Å²) in [6.07, 6.45) is 0.905. The van der Waals surface area contributed by atoms with Crippen LogP contribution in [-0.4, -0.2) is 27.1 Å². The van der Waals surface area contributed by atoms with Crippen molar-refractivity contribution in [1.29, 1.82) is 0 Å². The van der Waals surface area contributed by atoms with Crippen molar-refractivity contribution in [3.63, 3.8) is 0 Å². The third-order valence-electron chi connectivity index (χ3n) is 1.40. The van der Waals surface area contributed by atoms with Crippen molar-refractivity contribution in [2.45, 2.75) is 39.4 Å². The monoisotopic (exact) mass is 190 g/mol. The van der Waals surface area contributed by atoms with Crippen molar-refractivity contribution >= 4 is 5.97 Å². The molecule has 0 bridgehead atoms. The van der Waals surface area contributed by atoms with Gasteiger partial charge in [-0.2, -0.15) is 0 Å². The summed E-state index contributed by atoms with van der Waals surface area (Å²) in [6, 6.07) is 0. The minimum Gasteiger partial charge on any atom is -0.478 e. The van der Waals surface area contributed by atoms with Crippen LogP contribution >= 0.6 is 0 Å². The van der Waals surface area contributed by atoms with Crippen LogP contribution in [0.25, 0.3) is 0 Å². The Labute approximate surface area is 78.5 Å². The Balaban J connectivity index is 0. The predicted molar refractivity (Wildman–Crippen MR) is 50.2 cm³/mol. The lowest BCUT2D eigenvalue weighted by Crippen LogP contribution is -2.20. The molecular weight excluding hydrogens is 172 g/mol. The van der Waals surface area contributed by atoms with E-state index < -0.39 is 11.8 Å². The molecule has 0 amide bonds. The molecule has 13 heavy (non-hydrogen) atoms. The minimum absolute atomic E-state index is 0.264. The van der Waals surface area contributed by atoms with Crippen molar-refractivity contribution in [1.82, 2.24) is 0 Å². The van der Waals surface area contributed by atoms with Crippen molar-refractivity contribution in [2.24, 2.45) is 0 Å². The normalized spacial score (nSPS) is 9.92. The second-order valence-corrected chi connectivity index (χ2v) is 2.83. The molecule has 4 heteroatoms. The zero-order valence-electron chi connectivity index (χ0n) is 8.37. The van der Waals surface area contributed by atoms with Gasteiger partial charge in [-0.25, -0.2) is 4.79 Å². The van der Waals surface area contributed by atoms with Gasteiger partial charge in [-0.3, -0.25) is 0 Å². The Hall–Kier alpha value is -0.870. The molecule has 0 spiro atoms. The summed E-state index contributed by atoms with van der Waals surface area (Å²) in [5, 5.41) is 24.8. The van der Waals surface area contributed by atoms with Crippen LogP contribution in [-0.2, 0) is 4.79 Å². The molecule has 4 nitrogen and oxygen atoms in total.